The Morgan fingerprint density at radius 2 is 2.14 bits per heavy atom. The molecule has 0 unspecified atom stereocenters. The lowest BCUT2D eigenvalue weighted by Crippen LogP contribution is -2.43. The van der Waals surface area contributed by atoms with Gasteiger partial charge < -0.3 is 16.0 Å². The molecular weight excluding hydrogens is 391 g/mol. The standard InChI is InChI=1S/C16H22N4O.HI/c17-16(19-13-5-1-2-6-13)18-11-12-4-3-7-14(10-12)20-9-8-15(20)21;/h3-4,7,10,13H,1-2,5-6,8-9,11H2,(H3,17,18,19);1H. The van der Waals surface area contributed by atoms with Gasteiger partial charge in [-0.2, -0.15) is 0 Å². The van der Waals surface area contributed by atoms with Crippen molar-refractivity contribution in [1.82, 2.24) is 5.32 Å². The van der Waals surface area contributed by atoms with Crippen LogP contribution in [0.25, 0.3) is 0 Å². The third-order valence-electron chi connectivity index (χ3n) is 4.21. The molecule has 1 heterocycles. The van der Waals surface area contributed by atoms with Crippen LogP contribution in [0.4, 0.5) is 5.69 Å². The normalized spacial score (nSPS) is 18.8. The topological polar surface area (TPSA) is 70.7 Å². The summed E-state index contributed by atoms with van der Waals surface area (Å²) in [7, 11) is 0. The number of guanidine groups is 1. The van der Waals surface area contributed by atoms with Crippen LogP contribution in [0.1, 0.15) is 37.7 Å². The van der Waals surface area contributed by atoms with Gasteiger partial charge in [-0.05, 0) is 30.5 Å². The van der Waals surface area contributed by atoms with E-state index in [-0.39, 0.29) is 29.9 Å². The van der Waals surface area contributed by atoms with E-state index >= 15 is 0 Å². The summed E-state index contributed by atoms with van der Waals surface area (Å²) in [6.45, 7) is 1.36. The van der Waals surface area contributed by atoms with E-state index in [0.29, 0.717) is 25.0 Å². The molecule has 6 heteroatoms. The summed E-state index contributed by atoms with van der Waals surface area (Å²) in [6, 6.07) is 8.44. The van der Waals surface area contributed by atoms with Crippen LogP contribution >= 0.6 is 24.0 Å². The van der Waals surface area contributed by atoms with Gasteiger partial charge in [0.25, 0.3) is 0 Å². The molecule has 1 saturated carbocycles. The van der Waals surface area contributed by atoms with E-state index in [0.717, 1.165) is 17.8 Å². The zero-order valence-corrected chi connectivity index (χ0v) is 15.0. The fourth-order valence-electron chi connectivity index (χ4n) is 2.91. The molecule has 3 N–H and O–H groups in total. The molecule has 22 heavy (non-hydrogen) atoms. The van der Waals surface area contributed by atoms with Crippen molar-refractivity contribution in [3.8, 4) is 0 Å². The lowest BCUT2D eigenvalue weighted by Gasteiger charge is -2.30. The summed E-state index contributed by atoms with van der Waals surface area (Å²) < 4.78 is 0. The minimum Gasteiger partial charge on any atom is -0.370 e. The van der Waals surface area contributed by atoms with Gasteiger partial charge in [0.05, 0.1) is 6.54 Å². The highest BCUT2D eigenvalue weighted by atomic mass is 127. The van der Waals surface area contributed by atoms with E-state index in [1.165, 1.54) is 25.7 Å². The number of carbonyl (C=O) groups is 1. The molecule has 1 aliphatic carbocycles. The molecule has 1 amide bonds. The Balaban J connectivity index is 0.00000176. The lowest BCUT2D eigenvalue weighted by atomic mass is 10.1. The number of rotatable bonds is 4. The number of halogens is 1. The molecule has 2 fully saturated rings. The second kappa shape index (κ2) is 7.80. The summed E-state index contributed by atoms with van der Waals surface area (Å²) in [4.78, 5) is 17.7. The smallest absolute Gasteiger partial charge is 0.228 e. The van der Waals surface area contributed by atoms with Gasteiger partial charge in [-0.1, -0.05) is 25.0 Å². The van der Waals surface area contributed by atoms with Crippen LogP contribution in [0.15, 0.2) is 29.3 Å². The summed E-state index contributed by atoms with van der Waals surface area (Å²) >= 11 is 0. The zero-order chi connectivity index (χ0) is 14.7. The first-order valence-corrected chi connectivity index (χ1v) is 7.68. The number of hydrogen-bond donors (Lipinski definition) is 2. The molecule has 0 radical (unpaired) electrons. The fourth-order valence-corrected chi connectivity index (χ4v) is 2.91. The Morgan fingerprint density at radius 3 is 2.77 bits per heavy atom. The van der Waals surface area contributed by atoms with Gasteiger partial charge >= 0.3 is 0 Å². The third kappa shape index (κ3) is 4.12. The summed E-state index contributed by atoms with van der Waals surface area (Å²) in [5.74, 6) is 0.713. The lowest BCUT2D eigenvalue weighted by molar-refractivity contribution is -0.122. The van der Waals surface area contributed by atoms with Gasteiger partial charge in [-0.15, -0.1) is 24.0 Å². The molecule has 1 aromatic carbocycles. The van der Waals surface area contributed by atoms with E-state index in [4.69, 9.17) is 5.73 Å². The van der Waals surface area contributed by atoms with E-state index in [1.807, 2.05) is 24.3 Å². The molecule has 2 aliphatic rings. The molecule has 3 rings (SSSR count). The van der Waals surface area contributed by atoms with E-state index in [1.54, 1.807) is 4.90 Å². The number of carbonyl (C=O) groups excluding carboxylic acids is 1. The minimum absolute atomic E-state index is 0. The van der Waals surface area contributed by atoms with Crippen LogP contribution in [0.2, 0.25) is 0 Å². The molecule has 0 bridgehead atoms. The molecular formula is C16H23IN4O. The molecule has 5 nitrogen and oxygen atoms in total. The molecule has 0 spiro atoms. The Hall–Kier alpha value is -1.31. The van der Waals surface area contributed by atoms with Gasteiger partial charge in [-0.25, -0.2) is 4.99 Å². The quantitative estimate of drug-likeness (QED) is 0.344. The van der Waals surface area contributed by atoms with Crippen LogP contribution in [0.3, 0.4) is 0 Å². The zero-order valence-electron chi connectivity index (χ0n) is 12.6. The number of nitrogens with zero attached hydrogens (tertiary/aromatic N) is 2. The van der Waals surface area contributed by atoms with E-state index in [2.05, 4.69) is 10.3 Å². The van der Waals surface area contributed by atoms with E-state index < -0.39 is 0 Å². The second-order valence-electron chi connectivity index (χ2n) is 5.79. The minimum atomic E-state index is 0. The number of nitrogens with one attached hydrogen (secondary N) is 1. The van der Waals surface area contributed by atoms with Crippen molar-refractivity contribution < 1.29 is 4.79 Å². The van der Waals surface area contributed by atoms with Crippen molar-refractivity contribution in [2.24, 2.45) is 10.7 Å². The number of amides is 1. The van der Waals surface area contributed by atoms with Gasteiger partial charge in [0.15, 0.2) is 5.96 Å². The molecule has 1 saturated heterocycles. The van der Waals surface area contributed by atoms with Crippen LogP contribution in [0, 0.1) is 0 Å². The van der Waals surface area contributed by atoms with Crippen LogP contribution in [-0.2, 0) is 11.3 Å². The molecule has 1 aromatic rings. The number of β-lactam (4-membered cyclic amide) rings is 1. The Bertz CT molecular complexity index is 555. The maximum absolute atomic E-state index is 11.5. The van der Waals surface area contributed by atoms with Crippen molar-refractivity contribution in [2.45, 2.75) is 44.7 Å². The van der Waals surface area contributed by atoms with Crippen molar-refractivity contribution in [3.05, 3.63) is 29.8 Å². The first kappa shape index (κ1) is 17.1. The predicted octanol–water partition coefficient (Wildman–Crippen LogP) is 2.39. The van der Waals surface area contributed by atoms with Crippen LogP contribution < -0.4 is 16.0 Å². The Labute approximate surface area is 148 Å². The largest absolute Gasteiger partial charge is 0.370 e. The number of hydrogen-bond acceptors (Lipinski definition) is 2. The average Bonchev–Trinajstić information content (AvgIpc) is 2.97. The van der Waals surface area contributed by atoms with Gasteiger partial charge in [0.1, 0.15) is 0 Å². The summed E-state index contributed by atoms with van der Waals surface area (Å²) in [5, 5.41) is 3.28. The fraction of sp³-hybridized carbons (Fsp3) is 0.500. The summed E-state index contributed by atoms with van der Waals surface area (Å²) in [5.41, 5.74) is 7.97. The number of aliphatic imine (C=N–C) groups is 1. The predicted molar refractivity (Wildman–Crippen MR) is 99.5 cm³/mol. The molecule has 0 atom stereocenters. The Morgan fingerprint density at radius 1 is 1.36 bits per heavy atom. The number of nitrogens with two attached hydrogens (primary N) is 1. The first-order valence-electron chi connectivity index (χ1n) is 7.68. The highest BCUT2D eigenvalue weighted by Gasteiger charge is 2.25. The average molecular weight is 414 g/mol. The van der Waals surface area contributed by atoms with Crippen molar-refractivity contribution >= 4 is 41.5 Å². The van der Waals surface area contributed by atoms with Crippen molar-refractivity contribution in [3.63, 3.8) is 0 Å². The second-order valence-corrected chi connectivity index (χ2v) is 5.79. The molecule has 1 aliphatic heterocycles. The van der Waals surface area contributed by atoms with Crippen molar-refractivity contribution in [2.75, 3.05) is 11.4 Å². The Kier molecular flexibility index (Phi) is 6.05. The first-order chi connectivity index (χ1) is 10.2. The molecule has 120 valence electrons. The van der Waals surface area contributed by atoms with E-state index in [9.17, 15) is 4.79 Å². The SMILES string of the molecule is I.NC(=NCc1cccc(N2CCC2=O)c1)NC1CCCC1. The highest BCUT2D eigenvalue weighted by molar-refractivity contribution is 14.0. The van der Waals surface area contributed by atoms with Crippen LogP contribution in [-0.4, -0.2) is 24.5 Å². The van der Waals surface area contributed by atoms with Crippen LogP contribution in [0.5, 0.6) is 0 Å². The number of benzene rings is 1. The number of anilines is 1. The maximum Gasteiger partial charge on any atom is 0.228 e. The summed E-state index contributed by atoms with van der Waals surface area (Å²) in [6.07, 6.45) is 5.57. The monoisotopic (exact) mass is 414 g/mol. The molecule has 0 aromatic heterocycles. The highest BCUT2D eigenvalue weighted by Crippen LogP contribution is 2.23. The van der Waals surface area contributed by atoms with Crippen molar-refractivity contribution in [1.29, 1.82) is 0 Å². The maximum atomic E-state index is 11.5. The van der Waals surface area contributed by atoms with Gasteiger partial charge in [0, 0.05) is 24.7 Å². The third-order valence-corrected chi connectivity index (χ3v) is 4.21. The van der Waals surface area contributed by atoms with Gasteiger partial charge in [-0.3, -0.25) is 4.79 Å². The van der Waals surface area contributed by atoms with Gasteiger partial charge in [0.2, 0.25) is 5.91 Å².